The Kier molecular flexibility index (Phi) is 15.3. The van der Waals surface area contributed by atoms with Gasteiger partial charge >= 0.3 is 0 Å². The van der Waals surface area contributed by atoms with Gasteiger partial charge in [0.25, 0.3) is 0 Å². The van der Waals surface area contributed by atoms with Crippen molar-refractivity contribution in [3.8, 4) is 9.85 Å². The largest absolute Gasteiger partial charge is 0.310 e. The zero-order valence-electron chi connectivity index (χ0n) is 16.8. The summed E-state index contributed by atoms with van der Waals surface area (Å²) >= 11 is 2.19. The first-order valence-electron chi connectivity index (χ1n) is 11.2. The van der Waals surface area contributed by atoms with E-state index in [9.17, 15) is 0 Å². The second kappa shape index (κ2) is 16.4. The molecule has 0 radical (unpaired) electrons. The van der Waals surface area contributed by atoms with Crippen LogP contribution in [0.5, 0.6) is 0 Å². The zero-order chi connectivity index (χ0) is 18.1. The number of hydrogen-bond donors (Lipinski definition) is 1. The predicted molar refractivity (Wildman–Crippen MR) is 121 cm³/mol. The normalized spacial score (nSPS) is 20.7. The lowest BCUT2D eigenvalue weighted by Gasteiger charge is -2.32. The van der Waals surface area contributed by atoms with Crippen molar-refractivity contribution < 1.29 is 0 Å². The van der Waals surface area contributed by atoms with Gasteiger partial charge in [-0.2, -0.15) is 0 Å². The van der Waals surface area contributed by atoms with Crippen molar-refractivity contribution >= 4 is 22.6 Å². The summed E-state index contributed by atoms with van der Waals surface area (Å²) in [7, 11) is 0. The molecular formula is C23H42IN. The van der Waals surface area contributed by atoms with Crippen LogP contribution < -0.4 is 5.32 Å². The average Bonchev–Trinajstić information content (AvgIpc) is 2.87. The second-order valence-corrected chi connectivity index (χ2v) is 8.64. The lowest BCUT2D eigenvalue weighted by Crippen LogP contribution is -2.44. The first-order chi connectivity index (χ1) is 12.3. The molecule has 1 saturated heterocycles. The molecule has 1 aliphatic rings. The number of hydrogen-bond acceptors (Lipinski definition) is 1. The first-order valence-corrected chi connectivity index (χ1v) is 12.2. The van der Waals surface area contributed by atoms with E-state index in [1.54, 1.807) is 0 Å². The molecule has 0 spiro atoms. The zero-order valence-corrected chi connectivity index (χ0v) is 19.0. The van der Waals surface area contributed by atoms with Gasteiger partial charge in [-0.3, -0.25) is 0 Å². The minimum absolute atomic E-state index is 0.327. The van der Waals surface area contributed by atoms with Crippen LogP contribution in [0.2, 0.25) is 0 Å². The van der Waals surface area contributed by atoms with E-state index >= 15 is 0 Å². The molecule has 1 nitrogen and oxygen atoms in total. The molecule has 0 amide bonds. The third-order valence-corrected chi connectivity index (χ3v) is 6.22. The molecule has 0 aromatic heterocycles. The van der Waals surface area contributed by atoms with Crippen molar-refractivity contribution in [2.45, 2.75) is 128 Å². The smallest absolute Gasteiger partial charge is 0.0290 e. The van der Waals surface area contributed by atoms with Crippen molar-refractivity contribution in [2.75, 3.05) is 6.54 Å². The van der Waals surface area contributed by atoms with Crippen molar-refractivity contribution in [2.24, 2.45) is 0 Å². The van der Waals surface area contributed by atoms with E-state index in [-0.39, 0.29) is 0 Å². The molecule has 0 aliphatic carbocycles. The van der Waals surface area contributed by atoms with Crippen molar-refractivity contribution in [3.63, 3.8) is 0 Å². The van der Waals surface area contributed by atoms with E-state index in [1.165, 1.54) is 116 Å². The Morgan fingerprint density at radius 3 is 2.00 bits per heavy atom. The number of halogens is 1. The molecule has 1 atom stereocenters. The first kappa shape index (κ1) is 23.3. The van der Waals surface area contributed by atoms with Crippen molar-refractivity contribution in [3.05, 3.63) is 0 Å². The average molecular weight is 460 g/mol. The van der Waals surface area contributed by atoms with Crippen LogP contribution in [0, 0.1) is 9.85 Å². The van der Waals surface area contributed by atoms with E-state index in [2.05, 4.69) is 44.7 Å². The van der Waals surface area contributed by atoms with Gasteiger partial charge < -0.3 is 5.32 Å². The topological polar surface area (TPSA) is 12.0 Å². The minimum Gasteiger partial charge on any atom is -0.310 e. The molecular weight excluding hydrogens is 417 g/mol. The fourth-order valence-corrected chi connectivity index (χ4v) is 4.36. The Morgan fingerprint density at radius 2 is 1.40 bits per heavy atom. The summed E-state index contributed by atoms with van der Waals surface area (Å²) in [6, 6.07) is 0. The van der Waals surface area contributed by atoms with Crippen LogP contribution in [0.15, 0.2) is 0 Å². The highest BCUT2D eigenvalue weighted by atomic mass is 127. The maximum atomic E-state index is 3.86. The van der Waals surface area contributed by atoms with Crippen LogP contribution in [-0.2, 0) is 0 Å². The molecule has 1 heterocycles. The number of unbranched alkanes of at least 4 members (excludes halogenated alkanes) is 11. The van der Waals surface area contributed by atoms with Crippen LogP contribution >= 0.6 is 22.6 Å². The quantitative estimate of drug-likeness (QED) is 0.159. The van der Waals surface area contributed by atoms with Crippen LogP contribution in [0.1, 0.15) is 122 Å². The summed E-state index contributed by atoms with van der Waals surface area (Å²) in [5.74, 6) is 3.35. The van der Waals surface area contributed by atoms with Gasteiger partial charge in [-0.05, 0) is 29.7 Å². The molecule has 1 unspecified atom stereocenters. The summed E-state index contributed by atoms with van der Waals surface area (Å²) in [6.45, 7) is 3.49. The molecule has 25 heavy (non-hydrogen) atoms. The molecule has 1 aliphatic heterocycles. The highest BCUT2D eigenvalue weighted by Gasteiger charge is 2.28. The molecule has 1 N–H and O–H groups in total. The van der Waals surface area contributed by atoms with Gasteiger partial charge in [0, 0.05) is 34.6 Å². The number of nitrogens with one attached hydrogen (secondary N) is 1. The Hall–Kier alpha value is 0.250. The fraction of sp³-hybridized carbons (Fsp3) is 0.913. The Labute approximate surface area is 172 Å². The van der Waals surface area contributed by atoms with E-state index in [0.29, 0.717) is 5.54 Å². The molecule has 146 valence electrons. The summed E-state index contributed by atoms with van der Waals surface area (Å²) < 4.78 is 3.09. The third-order valence-electron chi connectivity index (χ3n) is 5.83. The van der Waals surface area contributed by atoms with E-state index in [4.69, 9.17) is 0 Å². The molecule has 2 heteroatoms. The SMILES string of the molecule is CCCCCCCCCCCCCCC1(CC#CI)CCCCCN1. The standard InChI is InChI=1S/C23H42IN/c1-2-3-4-5-6-7-8-9-10-11-12-14-18-23(20-17-21-24)19-15-13-16-22-25-23/h25H,2-16,18-20,22H2,1H3. The highest BCUT2D eigenvalue weighted by Crippen LogP contribution is 2.28. The molecule has 1 fully saturated rings. The van der Waals surface area contributed by atoms with Crippen LogP contribution in [0.25, 0.3) is 0 Å². The monoisotopic (exact) mass is 459 g/mol. The summed E-state index contributed by atoms with van der Waals surface area (Å²) in [4.78, 5) is 0. The van der Waals surface area contributed by atoms with Crippen LogP contribution in [-0.4, -0.2) is 12.1 Å². The summed E-state index contributed by atoms with van der Waals surface area (Å²) in [6.07, 6.45) is 25.1. The number of rotatable bonds is 14. The van der Waals surface area contributed by atoms with Gasteiger partial charge in [0.2, 0.25) is 0 Å². The summed E-state index contributed by atoms with van der Waals surface area (Å²) in [5, 5.41) is 3.86. The Morgan fingerprint density at radius 1 is 0.800 bits per heavy atom. The van der Waals surface area contributed by atoms with Gasteiger partial charge in [-0.25, -0.2) is 0 Å². The molecule has 0 bridgehead atoms. The molecule has 0 aromatic rings. The maximum absolute atomic E-state index is 3.86. The Bertz CT molecular complexity index is 347. The van der Waals surface area contributed by atoms with Crippen molar-refractivity contribution in [1.29, 1.82) is 0 Å². The second-order valence-electron chi connectivity index (χ2n) is 8.10. The molecule has 0 aromatic carbocycles. The maximum Gasteiger partial charge on any atom is 0.0290 e. The van der Waals surface area contributed by atoms with Crippen molar-refractivity contribution in [1.82, 2.24) is 5.32 Å². The van der Waals surface area contributed by atoms with Gasteiger partial charge in [-0.15, -0.1) is 0 Å². The lowest BCUT2D eigenvalue weighted by atomic mass is 9.84. The van der Waals surface area contributed by atoms with Gasteiger partial charge in [0.05, 0.1) is 0 Å². The lowest BCUT2D eigenvalue weighted by molar-refractivity contribution is 0.289. The predicted octanol–water partition coefficient (Wildman–Crippen LogP) is 7.77. The molecule has 1 rings (SSSR count). The molecule has 0 saturated carbocycles. The highest BCUT2D eigenvalue weighted by molar-refractivity contribution is 14.1. The van der Waals surface area contributed by atoms with Gasteiger partial charge in [0.15, 0.2) is 0 Å². The fourth-order valence-electron chi connectivity index (χ4n) is 4.17. The minimum atomic E-state index is 0.327. The van der Waals surface area contributed by atoms with E-state index in [1.807, 2.05) is 0 Å². The Balaban J connectivity index is 2.03. The van der Waals surface area contributed by atoms with E-state index in [0.717, 1.165) is 6.42 Å². The van der Waals surface area contributed by atoms with Gasteiger partial charge in [-0.1, -0.05) is 103 Å². The third kappa shape index (κ3) is 12.3. The van der Waals surface area contributed by atoms with Gasteiger partial charge in [0.1, 0.15) is 0 Å². The van der Waals surface area contributed by atoms with Crippen LogP contribution in [0.3, 0.4) is 0 Å². The van der Waals surface area contributed by atoms with E-state index < -0.39 is 0 Å². The summed E-state index contributed by atoms with van der Waals surface area (Å²) in [5.41, 5.74) is 0.327. The van der Waals surface area contributed by atoms with Crippen LogP contribution in [0.4, 0.5) is 0 Å².